The third-order valence-electron chi connectivity index (χ3n) is 2.31. The van der Waals surface area contributed by atoms with E-state index in [-0.39, 0.29) is 0 Å². The average Bonchev–Trinajstić information content (AvgIpc) is 2.38. The van der Waals surface area contributed by atoms with Crippen molar-refractivity contribution in [1.82, 2.24) is 15.4 Å². The molecule has 0 radical (unpaired) electrons. The van der Waals surface area contributed by atoms with E-state index in [1.54, 1.807) is 19.2 Å². The molecule has 0 amide bonds. The van der Waals surface area contributed by atoms with Crippen LogP contribution in [-0.2, 0) is 3.79 Å². The molecule has 0 fully saturated rings. The zero-order valence-electron chi connectivity index (χ0n) is 9.27. The maximum Gasteiger partial charge on any atom is 0.219 e. The fourth-order valence-electron chi connectivity index (χ4n) is 1.44. The van der Waals surface area contributed by atoms with Gasteiger partial charge in [-0.1, -0.05) is 34.8 Å². The predicted molar refractivity (Wildman–Crippen MR) is 71.1 cm³/mol. The van der Waals surface area contributed by atoms with Gasteiger partial charge in [-0.15, -0.1) is 10.2 Å². The quantitative estimate of drug-likeness (QED) is 0.798. The summed E-state index contributed by atoms with van der Waals surface area (Å²) >= 11 is 17.6. The minimum atomic E-state index is -1.60. The van der Waals surface area contributed by atoms with Crippen LogP contribution >= 0.6 is 34.8 Å². The van der Waals surface area contributed by atoms with Gasteiger partial charge >= 0.3 is 0 Å². The topological polar surface area (TPSA) is 47.9 Å². The number of nitrogens with zero attached hydrogens (tertiary/aromatic N) is 3. The highest BCUT2D eigenvalue weighted by atomic mass is 35.6. The van der Waals surface area contributed by atoms with Gasteiger partial charge in [-0.3, -0.25) is 0 Å². The molecule has 0 atom stereocenters. The third-order valence-corrected chi connectivity index (χ3v) is 2.92. The average molecular weight is 305 g/mol. The number of halogens is 3. The van der Waals surface area contributed by atoms with Crippen LogP contribution < -0.4 is 4.74 Å². The zero-order chi connectivity index (χ0) is 13.2. The lowest BCUT2D eigenvalue weighted by Crippen LogP contribution is -2.07. The van der Waals surface area contributed by atoms with Crippen LogP contribution in [0.1, 0.15) is 5.56 Å². The summed E-state index contributed by atoms with van der Waals surface area (Å²) in [4.78, 5) is 0. The van der Waals surface area contributed by atoms with Gasteiger partial charge in [-0.2, -0.15) is 0 Å². The van der Waals surface area contributed by atoms with Crippen LogP contribution in [0.4, 0.5) is 0 Å². The van der Waals surface area contributed by atoms with Crippen molar-refractivity contribution in [2.45, 2.75) is 3.79 Å². The summed E-state index contributed by atoms with van der Waals surface area (Å²) in [5.74, 6) is 0.733. The summed E-state index contributed by atoms with van der Waals surface area (Å²) in [5.41, 5.74) is 1.63. The number of methoxy groups -OCH3 is 1. The van der Waals surface area contributed by atoms with E-state index in [4.69, 9.17) is 39.5 Å². The molecule has 2 aromatic rings. The molecule has 0 saturated heterocycles. The first-order chi connectivity index (χ1) is 8.52. The maximum atomic E-state index is 5.87. The summed E-state index contributed by atoms with van der Waals surface area (Å²) in [6, 6.07) is 7.20. The fraction of sp³-hybridized carbons (Fsp3) is 0.182. The van der Waals surface area contributed by atoms with Gasteiger partial charge in [0.25, 0.3) is 0 Å². The second kappa shape index (κ2) is 5.26. The Labute approximate surface area is 119 Å². The summed E-state index contributed by atoms with van der Waals surface area (Å²) < 4.78 is 3.48. The van der Waals surface area contributed by atoms with Crippen LogP contribution in [0, 0.1) is 0 Å². The van der Waals surface area contributed by atoms with Crippen molar-refractivity contribution >= 4 is 34.8 Å². The van der Waals surface area contributed by atoms with Gasteiger partial charge < -0.3 is 4.74 Å². The van der Waals surface area contributed by atoms with Crippen molar-refractivity contribution in [1.29, 1.82) is 0 Å². The highest BCUT2D eigenvalue weighted by molar-refractivity contribution is 6.67. The molecule has 0 spiro atoms. The van der Waals surface area contributed by atoms with Crippen molar-refractivity contribution in [2.24, 2.45) is 0 Å². The van der Waals surface area contributed by atoms with Gasteiger partial charge in [-0.25, -0.2) is 0 Å². The maximum absolute atomic E-state index is 5.87. The van der Waals surface area contributed by atoms with Crippen molar-refractivity contribution in [2.75, 3.05) is 7.11 Å². The summed E-state index contributed by atoms with van der Waals surface area (Å²) in [6.07, 6.45) is 1.39. The van der Waals surface area contributed by atoms with Gasteiger partial charge in [0, 0.05) is 5.56 Å². The number of rotatable bonds is 2. The smallest absolute Gasteiger partial charge is 0.219 e. The number of hydrogen-bond donors (Lipinski definition) is 0. The number of benzene rings is 1. The normalized spacial score (nSPS) is 11.3. The Bertz CT molecular complexity index is 540. The highest BCUT2D eigenvalue weighted by Crippen LogP contribution is 2.41. The standard InChI is InChI=1S/C11H8Cl3N3O/c1-18-8-4-2-7(3-5-8)10-9(11(12,13)14)6-15-17-16-10/h2-6H,1H3. The van der Waals surface area contributed by atoms with Gasteiger partial charge in [0.1, 0.15) is 11.4 Å². The molecule has 1 aromatic carbocycles. The first-order valence-corrected chi connectivity index (χ1v) is 6.06. The van der Waals surface area contributed by atoms with E-state index in [1.165, 1.54) is 6.20 Å². The molecule has 0 aliphatic heterocycles. The van der Waals surface area contributed by atoms with Crippen LogP contribution in [0.25, 0.3) is 11.3 Å². The lowest BCUT2D eigenvalue weighted by atomic mass is 10.1. The Morgan fingerprint density at radius 3 is 2.33 bits per heavy atom. The third kappa shape index (κ3) is 2.83. The minimum absolute atomic E-state index is 0.382. The Morgan fingerprint density at radius 2 is 1.78 bits per heavy atom. The summed E-state index contributed by atoms with van der Waals surface area (Å²) in [6.45, 7) is 0. The molecule has 4 nitrogen and oxygen atoms in total. The van der Waals surface area contributed by atoms with E-state index >= 15 is 0 Å². The highest BCUT2D eigenvalue weighted by Gasteiger charge is 2.28. The lowest BCUT2D eigenvalue weighted by Gasteiger charge is -2.13. The van der Waals surface area contributed by atoms with Crippen LogP contribution in [0.2, 0.25) is 0 Å². The zero-order valence-corrected chi connectivity index (χ0v) is 11.5. The van der Waals surface area contributed by atoms with E-state index in [0.29, 0.717) is 11.3 Å². The molecule has 18 heavy (non-hydrogen) atoms. The molecule has 1 heterocycles. The largest absolute Gasteiger partial charge is 0.497 e. The molecule has 0 aliphatic carbocycles. The van der Waals surface area contributed by atoms with Crippen molar-refractivity contribution in [3.05, 3.63) is 36.0 Å². The molecule has 0 N–H and O–H groups in total. The second-order valence-electron chi connectivity index (χ2n) is 3.42. The van der Waals surface area contributed by atoms with Gasteiger partial charge in [0.15, 0.2) is 0 Å². The van der Waals surface area contributed by atoms with Crippen LogP contribution in [0.15, 0.2) is 30.5 Å². The van der Waals surface area contributed by atoms with Crippen LogP contribution in [0.3, 0.4) is 0 Å². The second-order valence-corrected chi connectivity index (χ2v) is 5.70. The van der Waals surface area contributed by atoms with E-state index in [2.05, 4.69) is 15.4 Å². The molecule has 0 saturated carbocycles. The number of hydrogen-bond acceptors (Lipinski definition) is 4. The first-order valence-electron chi connectivity index (χ1n) is 4.92. The number of alkyl halides is 3. The Kier molecular flexibility index (Phi) is 3.90. The summed E-state index contributed by atoms with van der Waals surface area (Å²) in [5, 5.41) is 11.1. The molecule has 1 aromatic heterocycles. The molecule has 0 bridgehead atoms. The lowest BCUT2D eigenvalue weighted by molar-refractivity contribution is 0.415. The molecule has 0 aliphatic rings. The van der Waals surface area contributed by atoms with Gasteiger partial charge in [0.2, 0.25) is 3.79 Å². The first kappa shape index (κ1) is 13.3. The molecule has 0 unspecified atom stereocenters. The Morgan fingerprint density at radius 1 is 1.11 bits per heavy atom. The Balaban J connectivity index is 2.50. The number of aromatic nitrogens is 3. The monoisotopic (exact) mass is 303 g/mol. The minimum Gasteiger partial charge on any atom is -0.497 e. The van der Waals surface area contributed by atoms with E-state index in [1.807, 2.05) is 12.1 Å². The predicted octanol–water partition coefficient (Wildman–Crippen LogP) is 3.37. The molecule has 2 rings (SSSR count). The fourth-order valence-corrected chi connectivity index (χ4v) is 1.85. The number of ether oxygens (including phenoxy) is 1. The van der Waals surface area contributed by atoms with Crippen LogP contribution in [-0.4, -0.2) is 22.5 Å². The van der Waals surface area contributed by atoms with Crippen molar-refractivity contribution in [3.8, 4) is 17.0 Å². The molecular weight excluding hydrogens is 296 g/mol. The van der Waals surface area contributed by atoms with E-state index < -0.39 is 3.79 Å². The summed E-state index contributed by atoms with van der Waals surface area (Å²) in [7, 11) is 1.59. The Hall–Kier alpha value is -1.10. The van der Waals surface area contributed by atoms with E-state index in [9.17, 15) is 0 Å². The SMILES string of the molecule is COc1ccc(-c2nnncc2C(Cl)(Cl)Cl)cc1. The van der Waals surface area contributed by atoms with Gasteiger partial charge in [-0.05, 0) is 29.5 Å². The molecular formula is C11H8Cl3N3O. The van der Waals surface area contributed by atoms with Gasteiger partial charge in [0.05, 0.1) is 18.9 Å². The van der Waals surface area contributed by atoms with Crippen molar-refractivity contribution < 1.29 is 4.74 Å². The van der Waals surface area contributed by atoms with E-state index in [0.717, 1.165) is 11.3 Å². The van der Waals surface area contributed by atoms with Crippen LogP contribution in [0.5, 0.6) is 5.75 Å². The molecule has 94 valence electrons. The van der Waals surface area contributed by atoms with Crippen molar-refractivity contribution in [3.63, 3.8) is 0 Å². The molecule has 7 heteroatoms.